The van der Waals surface area contributed by atoms with Crippen LogP contribution in [0.5, 0.6) is 0 Å². The molecule has 0 aliphatic rings. The van der Waals surface area contributed by atoms with E-state index in [0.29, 0.717) is 29.5 Å². The topological polar surface area (TPSA) is 75.3 Å². The van der Waals surface area contributed by atoms with Crippen molar-refractivity contribution in [1.82, 2.24) is 4.72 Å². The molecular weight excluding hydrogens is 428 g/mol. The van der Waals surface area contributed by atoms with Gasteiger partial charge in [-0.2, -0.15) is 0 Å². The fourth-order valence-corrected chi connectivity index (χ4v) is 4.97. The Morgan fingerprint density at radius 1 is 0.903 bits per heavy atom. The van der Waals surface area contributed by atoms with Crippen molar-refractivity contribution in [3.8, 4) is 0 Å². The standard InChI is InChI=1S/C24H26N2O3S2/c1-18(2)30-23-11-7-6-10-22(23)24(27)26-20-12-14-21(15-13-20)31(28,29)25-17-16-19-8-4-3-5-9-19/h3-15,18,25H,16-17H2,1-2H3,(H,26,27). The first-order valence-corrected chi connectivity index (χ1v) is 12.4. The van der Waals surface area contributed by atoms with E-state index >= 15 is 0 Å². The molecule has 0 aliphatic carbocycles. The average Bonchev–Trinajstić information content (AvgIpc) is 2.75. The Labute approximate surface area is 188 Å². The van der Waals surface area contributed by atoms with E-state index in [1.54, 1.807) is 30.0 Å². The Kier molecular flexibility index (Phi) is 7.90. The van der Waals surface area contributed by atoms with Crippen LogP contribution < -0.4 is 10.0 Å². The highest BCUT2D eigenvalue weighted by atomic mass is 32.2. The van der Waals surface area contributed by atoms with E-state index in [4.69, 9.17) is 0 Å². The van der Waals surface area contributed by atoms with Crippen LogP contribution in [0.2, 0.25) is 0 Å². The normalized spacial score (nSPS) is 11.5. The van der Waals surface area contributed by atoms with Gasteiger partial charge in [-0.25, -0.2) is 13.1 Å². The first kappa shape index (κ1) is 23.1. The molecule has 0 saturated heterocycles. The van der Waals surface area contributed by atoms with E-state index in [0.717, 1.165) is 10.5 Å². The molecule has 1 amide bonds. The molecule has 2 N–H and O–H groups in total. The van der Waals surface area contributed by atoms with E-state index in [2.05, 4.69) is 23.9 Å². The predicted molar refractivity (Wildman–Crippen MR) is 127 cm³/mol. The molecule has 0 spiro atoms. The molecule has 7 heteroatoms. The van der Waals surface area contributed by atoms with E-state index in [-0.39, 0.29) is 10.8 Å². The molecule has 5 nitrogen and oxygen atoms in total. The number of hydrogen-bond donors (Lipinski definition) is 2. The highest BCUT2D eigenvalue weighted by Gasteiger charge is 2.15. The Balaban J connectivity index is 1.62. The molecule has 162 valence electrons. The van der Waals surface area contributed by atoms with Gasteiger partial charge >= 0.3 is 0 Å². The molecule has 0 atom stereocenters. The Hall–Kier alpha value is -2.61. The number of benzene rings is 3. The van der Waals surface area contributed by atoms with Gasteiger partial charge in [-0.15, -0.1) is 11.8 Å². The van der Waals surface area contributed by atoms with Gasteiger partial charge in [0.1, 0.15) is 0 Å². The second-order valence-electron chi connectivity index (χ2n) is 7.27. The predicted octanol–water partition coefficient (Wildman–Crippen LogP) is 4.96. The number of amides is 1. The molecule has 3 aromatic rings. The van der Waals surface area contributed by atoms with Crippen molar-refractivity contribution in [3.63, 3.8) is 0 Å². The summed E-state index contributed by atoms with van der Waals surface area (Å²) in [4.78, 5) is 13.8. The van der Waals surface area contributed by atoms with Crippen LogP contribution in [0.4, 0.5) is 5.69 Å². The monoisotopic (exact) mass is 454 g/mol. The van der Waals surface area contributed by atoms with Gasteiger partial charge in [0.25, 0.3) is 5.91 Å². The quantitative estimate of drug-likeness (QED) is 0.448. The van der Waals surface area contributed by atoms with Gasteiger partial charge in [-0.3, -0.25) is 4.79 Å². The van der Waals surface area contributed by atoms with Crippen molar-refractivity contribution in [3.05, 3.63) is 90.0 Å². The minimum absolute atomic E-state index is 0.161. The molecule has 3 aromatic carbocycles. The minimum Gasteiger partial charge on any atom is -0.322 e. The van der Waals surface area contributed by atoms with Crippen LogP contribution in [0.15, 0.2) is 88.7 Å². The summed E-state index contributed by atoms with van der Waals surface area (Å²) in [6.45, 7) is 4.47. The molecule has 31 heavy (non-hydrogen) atoms. The molecule has 0 bridgehead atoms. The summed E-state index contributed by atoms with van der Waals surface area (Å²) in [6, 6.07) is 23.3. The SMILES string of the molecule is CC(C)Sc1ccccc1C(=O)Nc1ccc(S(=O)(=O)NCCc2ccccc2)cc1. The van der Waals surface area contributed by atoms with Gasteiger partial charge < -0.3 is 5.32 Å². The number of carbonyl (C=O) groups excluding carboxylic acids is 1. The second kappa shape index (κ2) is 10.6. The van der Waals surface area contributed by atoms with Gasteiger partial charge in [0.2, 0.25) is 10.0 Å². The van der Waals surface area contributed by atoms with Crippen LogP contribution >= 0.6 is 11.8 Å². The van der Waals surface area contributed by atoms with Crippen molar-refractivity contribution >= 4 is 33.4 Å². The zero-order valence-corrected chi connectivity index (χ0v) is 19.2. The molecule has 3 rings (SSSR count). The smallest absolute Gasteiger partial charge is 0.256 e. The molecule has 0 aromatic heterocycles. The maximum absolute atomic E-state index is 12.7. The number of hydrogen-bond acceptors (Lipinski definition) is 4. The Morgan fingerprint density at radius 2 is 1.55 bits per heavy atom. The largest absolute Gasteiger partial charge is 0.322 e. The number of thioether (sulfide) groups is 1. The first-order chi connectivity index (χ1) is 14.8. The average molecular weight is 455 g/mol. The summed E-state index contributed by atoms with van der Waals surface area (Å²) in [5, 5.41) is 3.20. The number of sulfonamides is 1. The van der Waals surface area contributed by atoms with Gasteiger partial charge in [0, 0.05) is 22.4 Å². The van der Waals surface area contributed by atoms with Crippen molar-refractivity contribution in [2.75, 3.05) is 11.9 Å². The molecule has 0 radical (unpaired) electrons. The summed E-state index contributed by atoms with van der Waals surface area (Å²) in [6.07, 6.45) is 0.613. The maximum atomic E-state index is 12.7. The van der Waals surface area contributed by atoms with Crippen molar-refractivity contribution < 1.29 is 13.2 Å². The lowest BCUT2D eigenvalue weighted by Gasteiger charge is -2.12. The van der Waals surface area contributed by atoms with Crippen LogP contribution in [0, 0.1) is 0 Å². The van der Waals surface area contributed by atoms with Crippen LogP contribution in [-0.4, -0.2) is 26.1 Å². The summed E-state index contributed by atoms with van der Waals surface area (Å²) < 4.78 is 27.7. The fraction of sp³-hybridized carbons (Fsp3) is 0.208. The third-order valence-electron chi connectivity index (χ3n) is 4.47. The highest BCUT2D eigenvalue weighted by Crippen LogP contribution is 2.27. The number of nitrogens with one attached hydrogen (secondary N) is 2. The second-order valence-corrected chi connectivity index (χ2v) is 10.7. The minimum atomic E-state index is -3.61. The lowest BCUT2D eigenvalue weighted by atomic mass is 10.2. The third-order valence-corrected chi connectivity index (χ3v) is 7.02. The van der Waals surface area contributed by atoms with E-state index in [1.165, 1.54) is 12.1 Å². The van der Waals surface area contributed by atoms with Gasteiger partial charge in [-0.1, -0.05) is 56.3 Å². The molecular formula is C24H26N2O3S2. The maximum Gasteiger partial charge on any atom is 0.256 e. The molecule has 0 unspecified atom stereocenters. The van der Waals surface area contributed by atoms with E-state index in [9.17, 15) is 13.2 Å². The zero-order chi connectivity index (χ0) is 22.3. The van der Waals surface area contributed by atoms with E-state index < -0.39 is 10.0 Å². The van der Waals surface area contributed by atoms with Crippen molar-refractivity contribution in [2.24, 2.45) is 0 Å². The van der Waals surface area contributed by atoms with Crippen molar-refractivity contribution in [1.29, 1.82) is 0 Å². The van der Waals surface area contributed by atoms with E-state index in [1.807, 2.05) is 48.5 Å². The zero-order valence-electron chi connectivity index (χ0n) is 17.5. The number of anilines is 1. The number of carbonyl (C=O) groups is 1. The lowest BCUT2D eigenvalue weighted by Crippen LogP contribution is -2.26. The summed E-state index contributed by atoms with van der Waals surface area (Å²) in [5.74, 6) is -0.222. The van der Waals surface area contributed by atoms with Gasteiger partial charge in [0.15, 0.2) is 0 Å². The summed E-state index contributed by atoms with van der Waals surface area (Å²) in [5.41, 5.74) is 2.21. The molecule has 0 fully saturated rings. The van der Waals surface area contributed by atoms with Crippen LogP contribution in [-0.2, 0) is 16.4 Å². The third kappa shape index (κ3) is 6.69. The van der Waals surface area contributed by atoms with Crippen molar-refractivity contribution in [2.45, 2.75) is 35.3 Å². The van der Waals surface area contributed by atoms with Crippen LogP contribution in [0.3, 0.4) is 0 Å². The molecule has 0 aliphatic heterocycles. The first-order valence-electron chi connectivity index (χ1n) is 10.1. The lowest BCUT2D eigenvalue weighted by molar-refractivity contribution is 0.102. The molecule has 0 heterocycles. The Morgan fingerprint density at radius 3 is 2.23 bits per heavy atom. The van der Waals surface area contributed by atoms with Gasteiger partial charge in [-0.05, 0) is 48.4 Å². The van der Waals surface area contributed by atoms with Crippen LogP contribution in [0.25, 0.3) is 0 Å². The highest BCUT2D eigenvalue weighted by molar-refractivity contribution is 8.00. The molecule has 0 saturated carbocycles. The van der Waals surface area contributed by atoms with Crippen LogP contribution in [0.1, 0.15) is 29.8 Å². The van der Waals surface area contributed by atoms with Gasteiger partial charge in [0.05, 0.1) is 10.5 Å². The summed E-state index contributed by atoms with van der Waals surface area (Å²) >= 11 is 1.63. The number of rotatable bonds is 9. The summed E-state index contributed by atoms with van der Waals surface area (Å²) in [7, 11) is -3.61. The Bertz CT molecular complexity index is 1110. The fourth-order valence-electron chi connectivity index (χ4n) is 2.98.